The largest absolute Gasteiger partial charge is 0.493 e. The van der Waals surface area contributed by atoms with Crippen LogP contribution in [0.2, 0.25) is 5.02 Å². The molecule has 142 valence electrons. The number of ether oxygens (including phenoxy) is 2. The number of amides is 3. The number of methoxy groups -OCH3 is 1. The molecule has 1 aliphatic heterocycles. The summed E-state index contributed by atoms with van der Waals surface area (Å²) < 4.78 is 10.7. The van der Waals surface area contributed by atoms with Gasteiger partial charge in [0.15, 0.2) is 11.5 Å². The van der Waals surface area contributed by atoms with Crippen LogP contribution in [0.25, 0.3) is 6.08 Å². The zero-order chi connectivity index (χ0) is 20.1. The Labute approximate surface area is 167 Å². The van der Waals surface area contributed by atoms with E-state index in [1.807, 2.05) is 0 Å². The van der Waals surface area contributed by atoms with E-state index in [0.29, 0.717) is 22.1 Å². The van der Waals surface area contributed by atoms with Crippen molar-refractivity contribution in [3.8, 4) is 23.8 Å². The van der Waals surface area contributed by atoms with Gasteiger partial charge in [-0.1, -0.05) is 35.7 Å². The summed E-state index contributed by atoms with van der Waals surface area (Å²) in [6.07, 6.45) is 6.78. The molecule has 0 atom stereocenters. The van der Waals surface area contributed by atoms with Gasteiger partial charge in [0, 0.05) is 5.02 Å². The Morgan fingerprint density at radius 3 is 2.61 bits per heavy atom. The number of imide groups is 1. The molecule has 2 aromatic rings. The summed E-state index contributed by atoms with van der Waals surface area (Å²) in [6, 6.07) is 11.6. The van der Waals surface area contributed by atoms with Gasteiger partial charge in [0.1, 0.15) is 12.3 Å². The van der Waals surface area contributed by atoms with Crippen molar-refractivity contribution in [3.05, 3.63) is 64.3 Å². The Morgan fingerprint density at radius 1 is 1.18 bits per heavy atom. The first-order valence-corrected chi connectivity index (χ1v) is 8.73. The van der Waals surface area contributed by atoms with Crippen LogP contribution in [0.1, 0.15) is 11.1 Å². The van der Waals surface area contributed by atoms with Gasteiger partial charge in [-0.05, 0) is 41.5 Å². The van der Waals surface area contributed by atoms with Gasteiger partial charge in [-0.3, -0.25) is 9.69 Å². The van der Waals surface area contributed by atoms with Crippen molar-refractivity contribution in [1.82, 2.24) is 10.2 Å². The Morgan fingerprint density at radius 2 is 1.93 bits per heavy atom. The number of urea groups is 1. The number of carbonyl (C=O) groups is 2. The van der Waals surface area contributed by atoms with Crippen LogP contribution in [0, 0.1) is 12.3 Å². The lowest BCUT2D eigenvalue weighted by Crippen LogP contribution is -2.30. The third kappa shape index (κ3) is 4.27. The first kappa shape index (κ1) is 19.3. The minimum atomic E-state index is -0.480. The minimum absolute atomic E-state index is 0.116. The lowest BCUT2D eigenvalue weighted by Gasteiger charge is -2.11. The van der Waals surface area contributed by atoms with Crippen LogP contribution in [-0.2, 0) is 11.3 Å². The van der Waals surface area contributed by atoms with Gasteiger partial charge in [-0.15, -0.1) is 6.42 Å². The third-order valence-corrected chi connectivity index (χ3v) is 4.28. The SMILES string of the molecule is C#CCOc1ccc(/C=C2\NC(=O)N(Cc3ccc(Cl)cc3)C2=O)cc1OC. The van der Waals surface area contributed by atoms with Crippen LogP contribution in [0.15, 0.2) is 48.2 Å². The highest BCUT2D eigenvalue weighted by atomic mass is 35.5. The molecule has 0 saturated carbocycles. The molecule has 0 unspecified atom stereocenters. The van der Waals surface area contributed by atoms with E-state index in [9.17, 15) is 9.59 Å². The van der Waals surface area contributed by atoms with Gasteiger partial charge >= 0.3 is 6.03 Å². The highest BCUT2D eigenvalue weighted by Crippen LogP contribution is 2.29. The number of terminal acetylenes is 1. The van der Waals surface area contributed by atoms with E-state index >= 15 is 0 Å². The highest BCUT2D eigenvalue weighted by molar-refractivity contribution is 6.30. The van der Waals surface area contributed by atoms with Crippen LogP contribution in [0.4, 0.5) is 4.79 Å². The predicted octanol–water partition coefficient (Wildman–Crippen LogP) is 3.45. The van der Waals surface area contributed by atoms with Crippen molar-refractivity contribution in [2.45, 2.75) is 6.54 Å². The topological polar surface area (TPSA) is 67.9 Å². The molecule has 0 aliphatic carbocycles. The molecule has 0 spiro atoms. The van der Waals surface area contributed by atoms with Crippen LogP contribution in [0.3, 0.4) is 0 Å². The number of benzene rings is 2. The standard InChI is InChI=1S/C21H17ClN2O4/c1-3-10-28-18-9-6-15(12-19(18)27-2)11-17-20(25)24(21(26)23-17)13-14-4-7-16(22)8-5-14/h1,4-9,11-12H,10,13H2,2H3,(H,23,26)/b17-11-. The van der Waals surface area contributed by atoms with E-state index in [4.69, 9.17) is 27.5 Å². The van der Waals surface area contributed by atoms with Crippen LogP contribution < -0.4 is 14.8 Å². The number of carbonyl (C=O) groups excluding carboxylic acids is 2. The van der Waals surface area contributed by atoms with Gasteiger partial charge in [0.2, 0.25) is 0 Å². The molecule has 1 heterocycles. The van der Waals surface area contributed by atoms with E-state index in [-0.39, 0.29) is 18.8 Å². The minimum Gasteiger partial charge on any atom is -0.493 e. The molecule has 1 saturated heterocycles. The molecule has 1 aliphatic rings. The first-order chi connectivity index (χ1) is 13.5. The van der Waals surface area contributed by atoms with Gasteiger partial charge in [0.25, 0.3) is 5.91 Å². The fourth-order valence-corrected chi connectivity index (χ4v) is 2.79. The molecule has 3 amide bonds. The summed E-state index contributed by atoms with van der Waals surface area (Å²) in [4.78, 5) is 26.0. The van der Waals surface area contributed by atoms with Crippen molar-refractivity contribution in [1.29, 1.82) is 0 Å². The second kappa shape index (κ2) is 8.51. The van der Waals surface area contributed by atoms with E-state index in [1.165, 1.54) is 7.11 Å². The van der Waals surface area contributed by atoms with Crippen molar-refractivity contribution in [3.63, 3.8) is 0 Å². The third-order valence-electron chi connectivity index (χ3n) is 4.03. The molecule has 6 nitrogen and oxygen atoms in total. The van der Waals surface area contributed by atoms with E-state index in [0.717, 1.165) is 10.5 Å². The maximum Gasteiger partial charge on any atom is 0.329 e. The smallest absolute Gasteiger partial charge is 0.329 e. The van der Waals surface area contributed by atoms with E-state index < -0.39 is 11.9 Å². The summed E-state index contributed by atoms with van der Waals surface area (Å²) >= 11 is 5.87. The van der Waals surface area contributed by atoms with Gasteiger partial charge < -0.3 is 14.8 Å². The maximum atomic E-state index is 12.6. The second-order valence-corrected chi connectivity index (χ2v) is 6.35. The van der Waals surface area contributed by atoms with Gasteiger partial charge in [0.05, 0.1) is 13.7 Å². The molecule has 2 aromatic carbocycles. The molecule has 1 N–H and O–H groups in total. The molecule has 0 bridgehead atoms. The van der Waals surface area contributed by atoms with Crippen LogP contribution in [-0.4, -0.2) is 30.6 Å². The normalized spacial score (nSPS) is 14.8. The predicted molar refractivity (Wildman–Crippen MR) is 106 cm³/mol. The summed E-state index contributed by atoms with van der Waals surface area (Å²) in [7, 11) is 1.51. The molecule has 1 fully saturated rings. The average molecular weight is 397 g/mol. The second-order valence-electron chi connectivity index (χ2n) is 5.91. The highest BCUT2D eigenvalue weighted by Gasteiger charge is 2.33. The summed E-state index contributed by atoms with van der Waals surface area (Å²) in [6.45, 7) is 0.270. The Hall–Kier alpha value is -3.43. The average Bonchev–Trinajstić information content (AvgIpc) is 2.95. The molecule has 28 heavy (non-hydrogen) atoms. The van der Waals surface area contributed by atoms with Crippen molar-refractivity contribution >= 4 is 29.6 Å². The molecule has 3 rings (SSSR count). The van der Waals surface area contributed by atoms with Gasteiger partial charge in [-0.2, -0.15) is 0 Å². The summed E-state index contributed by atoms with van der Waals surface area (Å²) in [5.74, 6) is 2.94. The van der Waals surface area contributed by atoms with Crippen molar-refractivity contribution < 1.29 is 19.1 Å². The number of rotatable bonds is 6. The first-order valence-electron chi connectivity index (χ1n) is 8.35. The van der Waals surface area contributed by atoms with Gasteiger partial charge in [-0.25, -0.2) is 4.79 Å². The Balaban J connectivity index is 1.79. The number of nitrogens with one attached hydrogen (secondary N) is 1. The fourth-order valence-electron chi connectivity index (χ4n) is 2.67. The molecule has 0 radical (unpaired) electrons. The molecule has 7 heteroatoms. The van der Waals surface area contributed by atoms with Crippen LogP contribution >= 0.6 is 11.6 Å². The molecular formula is C21H17ClN2O4. The lowest BCUT2D eigenvalue weighted by atomic mass is 10.1. The number of halogens is 1. The Bertz CT molecular complexity index is 977. The fraction of sp³-hybridized carbons (Fsp3) is 0.143. The zero-order valence-corrected chi connectivity index (χ0v) is 15.8. The monoisotopic (exact) mass is 396 g/mol. The van der Waals surface area contributed by atoms with E-state index in [2.05, 4.69) is 11.2 Å². The van der Waals surface area contributed by atoms with E-state index in [1.54, 1.807) is 48.5 Å². The lowest BCUT2D eigenvalue weighted by molar-refractivity contribution is -0.123. The van der Waals surface area contributed by atoms with Crippen molar-refractivity contribution in [2.24, 2.45) is 0 Å². The summed E-state index contributed by atoms with van der Waals surface area (Å²) in [5.41, 5.74) is 1.64. The molecule has 0 aromatic heterocycles. The molecular weight excluding hydrogens is 380 g/mol. The van der Waals surface area contributed by atoms with Crippen molar-refractivity contribution in [2.75, 3.05) is 13.7 Å². The summed E-state index contributed by atoms with van der Waals surface area (Å²) in [5, 5.41) is 3.18. The maximum absolute atomic E-state index is 12.6. The number of nitrogens with zero attached hydrogens (tertiary/aromatic N) is 1. The number of hydrogen-bond donors (Lipinski definition) is 1. The number of hydrogen-bond acceptors (Lipinski definition) is 4. The van der Waals surface area contributed by atoms with Crippen LogP contribution in [0.5, 0.6) is 11.5 Å². The Kier molecular flexibility index (Phi) is 5.87. The zero-order valence-electron chi connectivity index (χ0n) is 15.1. The quantitative estimate of drug-likeness (QED) is 0.461.